The standard InChI is InChI=1S/C30H40INO4/c1-8-10-32-20-14-29(3,4)16-22(33)26(20)25(27-21(32)15-30(5,6)17-23(27)34)18-12-19(31)28(36-11-9-2)24(13-18)35-7/h12-13,25H,8-11,14-17H2,1-7H3. The Kier molecular flexibility index (Phi) is 7.67. The second-order valence-electron chi connectivity index (χ2n) is 12.1. The van der Waals surface area contributed by atoms with E-state index in [2.05, 4.69) is 75.1 Å². The van der Waals surface area contributed by atoms with Gasteiger partial charge in [0.2, 0.25) is 0 Å². The van der Waals surface area contributed by atoms with Crippen molar-refractivity contribution in [1.29, 1.82) is 0 Å². The number of benzene rings is 1. The zero-order chi connectivity index (χ0) is 26.4. The molecule has 0 amide bonds. The van der Waals surface area contributed by atoms with Crippen molar-refractivity contribution in [3.63, 3.8) is 0 Å². The molecule has 5 nitrogen and oxygen atoms in total. The number of ketones is 2. The van der Waals surface area contributed by atoms with E-state index in [4.69, 9.17) is 9.47 Å². The molecule has 0 N–H and O–H groups in total. The van der Waals surface area contributed by atoms with Crippen molar-refractivity contribution in [3.8, 4) is 11.5 Å². The molecule has 0 radical (unpaired) electrons. The lowest BCUT2D eigenvalue weighted by Crippen LogP contribution is -2.44. The molecule has 0 saturated carbocycles. The van der Waals surface area contributed by atoms with Crippen LogP contribution in [0, 0.1) is 14.4 Å². The number of nitrogens with zero attached hydrogens (tertiary/aromatic N) is 1. The molecule has 1 aromatic carbocycles. The summed E-state index contributed by atoms with van der Waals surface area (Å²) in [6.45, 7) is 14.4. The number of carbonyl (C=O) groups is 2. The predicted octanol–water partition coefficient (Wildman–Crippen LogP) is 7.18. The summed E-state index contributed by atoms with van der Waals surface area (Å²) in [6.07, 6.45) is 4.52. The van der Waals surface area contributed by atoms with Crippen molar-refractivity contribution in [2.24, 2.45) is 10.8 Å². The molecule has 0 saturated heterocycles. The van der Waals surface area contributed by atoms with Gasteiger partial charge in [-0.2, -0.15) is 0 Å². The smallest absolute Gasteiger partial charge is 0.174 e. The minimum absolute atomic E-state index is 0.108. The van der Waals surface area contributed by atoms with Crippen LogP contribution in [0.5, 0.6) is 11.5 Å². The summed E-state index contributed by atoms with van der Waals surface area (Å²) in [5.74, 6) is 1.34. The number of Topliss-reactive ketones (excluding diaryl/α,β-unsaturated/α-hetero) is 2. The molecule has 0 bridgehead atoms. The van der Waals surface area contributed by atoms with Gasteiger partial charge in [0.15, 0.2) is 23.1 Å². The van der Waals surface area contributed by atoms with Crippen LogP contribution in [0.2, 0.25) is 0 Å². The number of rotatable bonds is 7. The van der Waals surface area contributed by atoms with Crippen molar-refractivity contribution in [2.45, 2.75) is 86.0 Å². The van der Waals surface area contributed by atoms with Crippen molar-refractivity contribution in [1.82, 2.24) is 4.90 Å². The molecule has 1 heterocycles. The molecule has 0 spiro atoms. The number of hydrogen-bond acceptors (Lipinski definition) is 5. The molecular formula is C30H40INO4. The number of hydrogen-bond donors (Lipinski definition) is 0. The monoisotopic (exact) mass is 605 g/mol. The number of allylic oxidation sites excluding steroid dienone is 4. The molecule has 4 rings (SSSR count). The second-order valence-corrected chi connectivity index (χ2v) is 13.2. The van der Waals surface area contributed by atoms with Crippen molar-refractivity contribution in [3.05, 3.63) is 43.8 Å². The lowest BCUT2D eigenvalue weighted by molar-refractivity contribution is -0.119. The van der Waals surface area contributed by atoms with Gasteiger partial charge in [-0.15, -0.1) is 0 Å². The fourth-order valence-electron chi connectivity index (χ4n) is 6.13. The van der Waals surface area contributed by atoms with Gasteiger partial charge < -0.3 is 14.4 Å². The summed E-state index contributed by atoms with van der Waals surface area (Å²) in [7, 11) is 1.65. The van der Waals surface area contributed by atoms with E-state index < -0.39 is 0 Å². The van der Waals surface area contributed by atoms with Crippen LogP contribution in [0.1, 0.15) is 91.5 Å². The van der Waals surface area contributed by atoms with E-state index in [9.17, 15) is 9.59 Å². The van der Waals surface area contributed by atoms with Gasteiger partial charge in [0.25, 0.3) is 0 Å². The Bertz CT molecular complexity index is 1090. The maximum atomic E-state index is 13.9. The third kappa shape index (κ3) is 4.99. The number of carbonyl (C=O) groups excluding carboxylic acids is 2. The van der Waals surface area contributed by atoms with Crippen LogP contribution >= 0.6 is 22.6 Å². The van der Waals surface area contributed by atoms with Gasteiger partial charge in [-0.1, -0.05) is 41.5 Å². The first-order valence-electron chi connectivity index (χ1n) is 13.2. The fraction of sp³-hybridized carbons (Fsp3) is 0.600. The maximum absolute atomic E-state index is 13.9. The second kappa shape index (κ2) is 10.1. The van der Waals surface area contributed by atoms with Crippen LogP contribution in [-0.4, -0.2) is 36.7 Å². The number of methoxy groups -OCH3 is 1. The van der Waals surface area contributed by atoms with Crippen LogP contribution in [0.3, 0.4) is 0 Å². The van der Waals surface area contributed by atoms with E-state index in [1.54, 1.807) is 7.11 Å². The Morgan fingerprint density at radius 2 is 1.47 bits per heavy atom. The van der Waals surface area contributed by atoms with Crippen LogP contribution in [0.25, 0.3) is 0 Å². The zero-order valence-corrected chi connectivity index (χ0v) is 25.0. The van der Waals surface area contributed by atoms with Gasteiger partial charge in [0.1, 0.15) is 0 Å². The molecule has 2 aliphatic carbocycles. The van der Waals surface area contributed by atoms with Gasteiger partial charge in [0, 0.05) is 47.8 Å². The van der Waals surface area contributed by atoms with Gasteiger partial charge in [-0.25, -0.2) is 0 Å². The Morgan fingerprint density at radius 3 is 1.94 bits per heavy atom. The first-order valence-corrected chi connectivity index (χ1v) is 14.3. The Hall–Kier alpha value is -1.83. The zero-order valence-electron chi connectivity index (χ0n) is 22.8. The summed E-state index contributed by atoms with van der Waals surface area (Å²) >= 11 is 2.29. The van der Waals surface area contributed by atoms with Crippen LogP contribution < -0.4 is 9.47 Å². The average molecular weight is 606 g/mol. The Labute approximate surface area is 229 Å². The van der Waals surface area contributed by atoms with Crippen molar-refractivity contribution < 1.29 is 19.1 Å². The number of halogens is 1. The van der Waals surface area contributed by atoms with Crippen LogP contribution in [0.15, 0.2) is 34.7 Å². The van der Waals surface area contributed by atoms with Gasteiger partial charge in [-0.3, -0.25) is 9.59 Å². The Morgan fingerprint density at radius 1 is 0.917 bits per heavy atom. The van der Waals surface area contributed by atoms with Gasteiger partial charge >= 0.3 is 0 Å². The van der Waals surface area contributed by atoms with Crippen molar-refractivity contribution in [2.75, 3.05) is 20.3 Å². The molecule has 0 aromatic heterocycles. The number of ether oxygens (including phenoxy) is 2. The van der Waals surface area contributed by atoms with Crippen molar-refractivity contribution >= 4 is 34.2 Å². The average Bonchev–Trinajstić information content (AvgIpc) is 2.77. The first-order chi connectivity index (χ1) is 16.9. The molecule has 1 aromatic rings. The maximum Gasteiger partial charge on any atom is 0.174 e. The lowest BCUT2D eigenvalue weighted by atomic mass is 9.63. The fourth-order valence-corrected chi connectivity index (χ4v) is 6.91. The third-order valence-corrected chi connectivity index (χ3v) is 8.31. The SMILES string of the molecule is CCCOc1c(I)cc(C2C3=C(CC(C)(C)CC3=O)N(CCC)C3=C2C(=O)CC(C)(C)C3)cc1OC. The summed E-state index contributed by atoms with van der Waals surface area (Å²) in [5, 5.41) is 0. The third-order valence-electron chi connectivity index (χ3n) is 7.50. The highest BCUT2D eigenvalue weighted by atomic mass is 127. The van der Waals surface area contributed by atoms with Gasteiger partial charge in [0.05, 0.1) is 17.3 Å². The summed E-state index contributed by atoms with van der Waals surface area (Å²) in [4.78, 5) is 30.1. The topological polar surface area (TPSA) is 55.8 Å². The normalized spacial score (nSPS) is 21.5. The highest BCUT2D eigenvalue weighted by molar-refractivity contribution is 14.1. The molecule has 196 valence electrons. The highest BCUT2D eigenvalue weighted by Crippen LogP contribution is 2.55. The summed E-state index contributed by atoms with van der Waals surface area (Å²) in [5.41, 5.74) is 4.59. The minimum atomic E-state index is -0.363. The molecule has 1 aliphatic heterocycles. The van der Waals surface area contributed by atoms with E-state index in [1.165, 1.54) is 0 Å². The van der Waals surface area contributed by atoms with Crippen LogP contribution in [-0.2, 0) is 9.59 Å². The lowest BCUT2D eigenvalue weighted by Gasteiger charge is -2.49. The summed E-state index contributed by atoms with van der Waals surface area (Å²) in [6, 6.07) is 4.08. The van der Waals surface area contributed by atoms with Crippen LogP contribution in [0.4, 0.5) is 0 Å². The first kappa shape index (κ1) is 27.2. The molecule has 3 aliphatic rings. The van der Waals surface area contributed by atoms with Gasteiger partial charge in [-0.05, 0) is 76.8 Å². The highest BCUT2D eigenvalue weighted by Gasteiger charge is 2.49. The van der Waals surface area contributed by atoms with E-state index in [-0.39, 0.29) is 28.3 Å². The van der Waals surface area contributed by atoms with E-state index >= 15 is 0 Å². The predicted molar refractivity (Wildman–Crippen MR) is 151 cm³/mol. The Balaban J connectivity index is 1.98. The van der Waals surface area contributed by atoms with E-state index in [0.29, 0.717) is 25.2 Å². The molecular weight excluding hydrogens is 565 g/mol. The quantitative estimate of drug-likeness (QED) is 0.308. The molecule has 36 heavy (non-hydrogen) atoms. The molecule has 0 unspecified atom stereocenters. The molecule has 0 atom stereocenters. The largest absolute Gasteiger partial charge is 0.493 e. The molecule has 6 heteroatoms. The van der Waals surface area contributed by atoms with E-state index in [1.807, 2.05) is 6.07 Å². The van der Waals surface area contributed by atoms with E-state index in [0.717, 1.165) is 69.7 Å². The summed E-state index contributed by atoms with van der Waals surface area (Å²) < 4.78 is 12.7. The molecule has 0 fully saturated rings. The minimum Gasteiger partial charge on any atom is -0.493 e.